The average Bonchev–Trinajstić information content (AvgIpc) is 3.08. The lowest BCUT2D eigenvalue weighted by Crippen LogP contribution is -2.41. The maximum Gasteiger partial charge on any atom is 0.223 e. The Hall–Kier alpha value is -2.48. The predicted octanol–water partition coefficient (Wildman–Crippen LogP) is 1.42. The van der Waals surface area contributed by atoms with Crippen LogP contribution >= 0.6 is 0 Å². The first-order valence-electron chi connectivity index (χ1n) is 8.46. The van der Waals surface area contributed by atoms with Crippen molar-refractivity contribution in [1.82, 2.24) is 20.4 Å². The van der Waals surface area contributed by atoms with Gasteiger partial charge in [0.25, 0.3) is 0 Å². The molecular weight excluding hydrogens is 322 g/mol. The molecule has 0 saturated carbocycles. The summed E-state index contributed by atoms with van der Waals surface area (Å²) in [5.74, 6) is 2.04. The third kappa shape index (κ3) is 4.14. The van der Waals surface area contributed by atoms with Gasteiger partial charge in [0, 0.05) is 45.8 Å². The van der Waals surface area contributed by atoms with Crippen molar-refractivity contribution in [2.24, 2.45) is 5.92 Å². The highest BCUT2D eigenvalue weighted by molar-refractivity contribution is 5.79. The molecule has 1 fully saturated rings. The molecule has 3 heterocycles. The van der Waals surface area contributed by atoms with E-state index < -0.39 is 0 Å². The number of methoxy groups -OCH3 is 1. The molecule has 0 unspecified atom stereocenters. The lowest BCUT2D eigenvalue weighted by Gasteiger charge is -2.32. The highest BCUT2D eigenvalue weighted by atomic mass is 16.5. The van der Waals surface area contributed by atoms with E-state index in [4.69, 9.17) is 9.26 Å². The molecule has 8 heteroatoms. The first-order chi connectivity index (χ1) is 12.2. The first kappa shape index (κ1) is 17.3. The molecule has 2 aromatic heterocycles. The Labute approximate surface area is 146 Å². The molecular formula is C17H23N5O3. The topological polar surface area (TPSA) is 93.4 Å². The summed E-state index contributed by atoms with van der Waals surface area (Å²) in [4.78, 5) is 23.2. The second-order valence-corrected chi connectivity index (χ2v) is 6.06. The number of nitrogens with one attached hydrogen (secondary N) is 1. The van der Waals surface area contributed by atoms with E-state index in [9.17, 15) is 4.79 Å². The molecule has 0 atom stereocenters. The maximum absolute atomic E-state index is 12.2. The number of ether oxygens (including phenoxy) is 1. The first-order valence-corrected chi connectivity index (χ1v) is 8.46. The third-order valence-corrected chi connectivity index (χ3v) is 4.33. The van der Waals surface area contributed by atoms with Crippen molar-refractivity contribution in [3.63, 3.8) is 0 Å². The number of rotatable bonds is 6. The van der Waals surface area contributed by atoms with Crippen LogP contribution in [0.1, 0.15) is 18.7 Å². The van der Waals surface area contributed by atoms with Gasteiger partial charge in [0.05, 0.1) is 12.2 Å². The second kappa shape index (κ2) is 8.06. The van der Waals surface area contributed by atoms with Gasteiger partial charge in [-0.05, 0) is 25.0 Å². The number of carbonyl (C=O) groups excluding carboxylic acids is 1. The summed E-state index contributed by atoms with van der Waals surface area (Å²) in [6, 6.07) is 3.80. The molecule has 8 nitrogen and oxygen atoms in total. The Morgan fingerprint density at radius 2 is 2.24 bits per heavy atom. The van der Waals surface area contributed by atoms with Crippen molar-refractivity contribution >= 4 is 11.7 Å². The zero-order valence-corrected chi connectivity index (χ0v) is 14.6. The van der Waals surface area contributed by atoms with Crippen LogP contribution in [0, 0.1) is 12.8 Å². The van der Waals surface area contributed by atoms with Crippen LogP contribution in [0.4, 0.5) is 5.82 Å². The van der Waals surface area contributed by atoms with Crippen molar-refractivity contribution < 1.29 is 14.1 Å². The van der Waals surface area contributed by atoms with Gasteiger partial charge in [0.2, 0.25) is 17.6 Å². The molecule has 25 heavy (non-hydrogen) atoms. The van der Waals surface area contributed by atoms with Gasteiger partial charge in [-0.3, -0.25) is 4.79 Å². The van der Waals surface area contributed by atoms with Crippen molar-refractivity contribution in [3.05, 3.63) is 24.2 Å². The number of hydrogen-bond donors (Lipinski definition) is 1. The smallest absolute Gasteiger partial charge is 0.223 e. The van der Waals surface area contributed by atoms with Crippen LogP contribution in [0.15, 0.2) is 22.9 Å². The Morgan fingerprint density at radius 1 is 1.44 bits per heavy atom. The SMILES string of the molecule is COCCNC(=O)C1CCN(c2ncccc2-c2noc(C)n2)CC1. The van der Waals surface area contributed by atoms with E-state index in [1.807, 2.05) is 12.1 Å². The fourth-order valence-corrected chi connectivity index (χ4v) is 3.01. The van der Waals surface area contributed by atoms with Gasteiger partial charge in [-0.15, -0.1) is 0 Å². The number of amides is 1. The van der Waals surface area contributed by atoms with Gasteiger partial charge in [-0.1, -0.05) is 5.16 Å². The fraction of sp³-hybridized carbons (Fsp3) is 0.529. The minimum absolute atomic E-state index is 0.0349. The molecule has 1 N–H and O–H groups in total. The van der Waals surface area contributed by atoms with Crippen molar-refractivity contribution in [2.75, 3.05) is 38.3 Å². The Balaban J connectivity index is 1.65. The van der Waals surface area contributed by atoms with Gasteiger partial charge >= 0.3 is 0 Å². The number of pyridine rings is 1. The quantitative estimate of drug-likeness (QED) is 0.791. The van der Waals surface area contributed by atoms with E-state index in [0.717, 1.165) is 37.3 Å². The molecule has 1 saturated heterocycles. The van der Waals surface area contributed by atoms with Crippen LogP contribution in [0.3, 0.4) is 0 Å². The van der Waals surface area contributed by atoms with Gasteiger partial charge in [-0.2, -0.15) is 4.98 Å². The van der Waals surface area contributed by atoms with Gasteiger partial charge < -0.3 is 19.5 Å². The number of carbonyl (C=O) groups is 1. The van der Waals surface area contributed by atoms with Crippen molar-refractivity contribution in [3.8, 4) is 11.4 Å². The molecule has 0 bridgehead atoms. The molecule has 0 radical (unpaired) electrons. The van der Waals surface area contributed by atoms with Crippen LogP contribution in [-0.4, -0.2) is 54.4 Å². The zero-order valence-electron chi connectivity index (χ0n) is 14.6. The number of aromatic nitrogens is 3. The lowest BCUT2D eigenvalue weighted by atomic mass is 9.95. The summed E-state index contributed by atoms with van der Waals surface area (Å²) in [5, 5.41) is 6.92. The van der Waals surface area contributed by atoms with Gasteiger partial charge in [0.15, 0.2) is 0 Å². The van der Waals surface area contributed by atoms with Crippen molar-refractivity contribution in [1.29, 1.82) is 0 Å². The summed E-state index contributed by atoms with van der Waals surface area (Å²) < 4.78 is 10.0. The molecule has 2 aromatic rings. The van der Waals surface area contributed by atoms with E-state index in [1.165, 1.54) is 0 Å². The Morgan fingerprint density at radius 3 is 2.92 bits per heavy atom. The Kier molecular flexibility index (Phi) is 5.60. The van der Waals surface area contributed by atoms with E-state index in [0.29, 0.717) is 24.9 Å². The van der Waals surface area contributed by atoms with E-state index in [-0.39, 0.29) is 11.8 Å². The molecule has 1 aliphatic rings. The number of aryl methyl sites for hydroxylation is 1. The predicted molar refractivity (Wildman–Crippen MR) is 92.1 cm³/mol. The summed E-state index contributed by atoms with van der Waals surface area (Å²) in [7, 11) is 1.63. The molecule has 134 valence electrons. The monoisotopic (exact) mass is 345 g/mol. The summed E-state index contributed by atoms with van der Waals surface area (Å²) >= 11 is 0. The van der Waals surface area contributed by atoms with E-state index in [2.05, 4.69) is 25.3 Å². The van der Waals surface area contributed by atoms with Crippen LogP contribution in [0.25, 0.3) is 11.4 Å². The molecule has 0 aliphatic carbocycles. The van der Waals surface area contributed by atoms with Crippen molar-refractivity contribution in [2.45, 2.75) is 19.8 Å². The number of hydrogen-bond acceptors (Lipinski definition) is 7. The van der Waals surface area contributed by atoms with Crippen LogP contribution < -0.4 is 10.2 Å². The highest BCUT2D eigenvalue weighted by Gasteiger charge is 2.27. The highest BCUT2D eigenvalue weighted by Crippen LogP contribution is 2.29. The number of anilines is 1. The Bertz CT molecular complexity index is 710. The molecule has 3 rings (SSSR count). The standard InChI is InChI=1S/C17H23N5O3/c1-12-20-15(21-25-12)14-4-3-7-18-16(14)22-9-5-13(6-10-22)17(23)19-8-11-24-2/h3-4,7,13H,5-6,8-11H2,1-2H3,(H,19,23). The zero-order chi connectivity index (χ0) is 17.6. The molecule has 1 amide bonds. The summed E-state index contributed by atoms with van der Waals surface area (Å²) in [6.45, 7) is 4.38. The normalized spacial score (nSPS) is 15.4. The molecule has 0 aromatic carbocycles. The van der Waals surface area contributed by atoms with Crippen LogP contribution in [0.2, 0.25) is 0 Å². The van der Waals surface area contributed by atoms with Gasteiger partial charge in [0.1, 0.15) is 5.82 Å². The third-order valence-electron chi connectivity index (χ3n) is 4.33. The van der Waals surface area contributed by atoms with Crippen LogP contribution in [-0.2, 0) is 9.53 Å². The summed E-state index contributed by atoms with van der Waals surface area (Å²) in [5.41, 5.74) is 0.849. The summed E-state index contributed by atoms with van der Waals surface area (Å²) in [6.07, 6.45) is 3.34. The maximum atomic E-state index is 12.2. The number of piperidine rings is 1. The van der Waals surface area contributed by atoms with Gasteiger partial charge in [-0.25, -0.2) is 4.98 Å². The second-order valence-electron chi connectivity index (χ2n) is 6.06. The minimum atomic E-state index is 0.0349. The lowest BCUT2D eigenvalue weighted by molar-refractivity contribution is -0.125. The van der Waals surface area contributed by atoms with E-state index in [1.54, 1.807) is 20.2 Å². The minimum Gasteiger partial charge on any atom is -0.383 e. The average molecular weight is 345 g/mol. The molecule has 1 aliphatic heterocycles. The molecule has 0 spiro atoms. The fourth-order valence-electron chi connectivity index (χ4n) is 3.01. The van der Waals surface area contributed by atoms with Crippen LogP contribution in [0.5, 0.6) is 0 Å². The largest absolute Gasteiger partial charge is 0.383 e. The number of nitrogens with zero attached hydrogens (tertiary/aromatic N) is 4. The van der Waals surface area contributed by atoms with E-state index >= 15 is 0 Å².